The van der Waals surface area contributed by atoms with Gasteiger partial charge in [0, 0.05) is 25.9 Å². The molecule has 1 fully saturated rings. The molecule has 0 amide bonds. The van der Waals surface area contributed by atoms with Gasteiger partial charge in [-0.05, 0) is 53.3 Å². The summed E-state index contributed by atoms with van der Waals surface area (Å²) in [5.74, 6) is 1.50. The number of piperidine rings is 1. The third kappa shape index (κ3) is 3.42. The molecule has 4 rings (SSSR count). The van der Waals surface area contributed by atoms with Crippen LogP contribution in [-0.4, -0.2) is 35.1 Å². The molecule has 2 aromatic rings. The summed E-state index contributed by atoms with van der Waals surface area (Å²) < 4.78 is 12.1. The number of rotatable bonds is 3. The lowest BCUT2D eigenvalue weighted by molar-refractivity contribution is 0.0533. The van der Waals surface area contributed by atoms with Crippen molar-refractivity contribution in [2.24, 2.45) is 0 Å². The SMILES string of the molecule is Cc1cc2c(nc1N1CCC(Oc3ccc(I)nc3)CC1)COC2=O. The first-order valence-corrected chi connectivity index (χ1v) is 9.39. The second kappa shape index (κ2) is 6.78. The Morgan fingerprint density at radius 2 is 2.12 bits per heavy atom. The van der Waals surface area contributed by atoms with E-state index in [9.17, 15) is 4.79 Å². The molecule has 0 atom stereocenters. The van der Waals surface area contributed by atoms with Crippen LogP contribution < -0.4 is 9.64 Å². The molecule has 6 nitrogen and oxygen atoms in total. The quantitative estimate of drug-likeness (QED) is 0.406. The van der Waals surface area contributed by atoms with Crippen LogP contribution in [0.5, 0.6) is 5.75 Å². The smallest absolute Gasteiger partial charge is 0.340 e. The lowest BCUT2D eigenvalue weighted by Gasteiger charge is -2.33. The minimum absolute atomic E-state index is 0.192. The molecular weight excluding hydrogens is 433 g/mol. The van der Waals surface area contributed by atoms with Crippen molar-refractivity contribution < 1.29 is 14.3 Å². The number of ether oxygens (including phenoxy) is 2. The van der Waals surface area contributed by atoms with Gasteiger partial charge in [0.05, 0.1) is 17.5 Å². The van der Waals surface area contributed by atoms with Crippen molar-refractivity contribution >= 4 is 34.4 Å². The topological polar surface area (TPSA) is 64.6 Å². The van der Waals surface area contributed by atoms with E-state index in [2.05, 4.69) is 37.5 Å². The molecule has 0 bridgehead atoms. The van der Waals surface area contributed by atoms with Crippen LogP contribution in [0.2, 0.25) is 0 Å². The Balaban J connectivity index is 1.42. The monoisotopic (exact) mass is 451 g/mol. The van der Waals surface area contributed by atoms with E-state index in [-0.39, 0.29) is 18.7 Å². The molecule has 0 radical (unpaired) electrons. The molecule has 2 aromatic heterocycles. The number of carbonyl (C=O) groups is 1. The second-order valence-electron chi connectivity index (χ2n) is 6.32. The van der Waals surface area contributed by atoms with Gasteiger partial charge in [0.2, 0.25) is 0 Å². The standard InChI is InChI=1S/C18H18IN3O3/c1-11-8-14-15(10-24-18(14)23)21-17(11)22-6-4-12(5-7-22)25-13-2-3-16(19)20-9-13/h2-3,8-9,12H,4-7,10H2,1H3. The van der Waals surface area contributed by atoms with E-state index in [1.165, 1.54) is 0 Å². The highest BCUT2D eigenvalue weighted by atomic mass is 127. The van der Waals surface area contributed by atoms with Gasteiger partial charge in [0.15, 0.2) is 0 Å². The summed E-state index contributed by atoms with van der Waals surface area (Å²) in [5.41, 5.74) is 2.36. The van der Waals surface area contributed by atoms with Crippen molar-refractivity contribution in [3.8, 4) is 5.75 Å². The average molecular weight is 451 g/mol. The van der Waals surface area contributed by atoms with Crippen LogP contribution in [0, 0.1) is 10.6 Å². The lowest BCUT2D eigenvalue weighted by atomic mass is 10.1. The maximum absolute atomic E-state index is 11.6. The number of aryl methyl sites for hydroxylation is 1. The molecule has 1 saturated heterocycles. The summed E-state index contributed by atoms with van der Waals surface area (Å²) in [6.07, 6.45) is 3.83. The number of cyclic esters (lactones) is 1. The fourth-order valence-corrected chi connectivity index (χ4v) is 3.59. The van der Waals surface area contributed by atoms with Gasteiger partial charge in [0.1, 0.15) is 28.0 Å². The van der Waals surface area contributed by atoms with E-state index in [1.807, 2.05) is 25.1 Å². The molecule has 2 aliphatic heterocycles. The first kappa shape index (κ1) is 16.6. The number of esters is 1. The number of aromatic nitrogens is 2. The number of halogens is 1. The molecule has 0 N–H and O–H groups in total. The maximum Gasteiger partial charge on any atom is 0.340 e. The van der Waals surface area contributed by atoms with Crippen molar-refractivity contribution in [2.75, 3.05) is 18.0 Å². The van der Waals surface area contributed by atoms with Gasteiger partial charge in [-0.25, -0.2) is 14.8 Å². The zero-order valence-corrected chi connectivity index (χ0v) is 16.0. The number of anilines is 1. The highest BCUT2D eigenvalue weighted by Gasteiger charge is 2.27. The summed E-state index contributed by atoms with van der Waals surface area (Å²) in [6.45, 7) is 4.03. The highest BCUT2D eigenvalue weighted by molar-refractivity contribution is 14.1. The number of fused-ring (bicyclic) bond motifs is 1. The molecule has 0 spiro atoms. The number of pyridine rings is 2. The van der Waals surface area contributed by atoms with E-state index in [0.29, 0.717) is 5.56 Å². The van der Waals surface area contributed by atoms with E-state index in [1.54, 1.807) is 6.20 Å². The molecule has 130 valence electrons. The third-order valence-corrected chi connectivity index (χ3v) is 5.21. The average Bonchev–Trinajstić information content (AvgIpc) is 2.97. The Bertz CT molecular complexity index is 802. The molecular formula is C18H18IN3O3. The normalized spacial score (nSPS) is 17.4. The summed E-state index contributed by atoms with van der Waals surface area (Å²) in [5, 5.41) is 0. The summed E-state index contributed by atoms with van der Waals surface area (Å²) in [7, 11) is 0. The number of carbonyl (C=O) groups excluding carboxylic acids is 1. The van der Waals surface area contributed by atoms with Crippen LogP contribution in [0.15, 0.2) is 24.4 Å². The van der Waals surface area contributed by atoms with Crippen LogP contribution in [0.25, 0.3) is 0 Å². The van der Waals surface area contributed by atoms with Crippen LogP contribution in [0.1, 0.15) is 34.5 Å². The van der Waals surface area contributed by atoms with Crippen molar-refractivity contribution in [3.05, 3.63) is 44.9 Å². The predicted octanol–water partition coefficient (Wildman–Crippen LogP) is 3.11. The number of hydrogen-bond donors (Lipinski definition) is 0. The predicted molar refractivity (Wildman–Crippen MR) is 101 cm³/mol. The fraction of sp³-hybridized carbons (Fsp3) is 0.389. The largest absolute Gasteiger partial charge is 0.489 e. The summed E-state index contributed by atoms with van der Waals surface area (Å²) in [4.78, 5) is 22.8. The first-order chi connectivity index (χ1) is 12.1. The number of hydrogen-bond acceptors (Lipinski definition) is 6. The van der Waals surface area contributed by atoms with Crippen molar-refractivity contribution in [3.63, 3.8) is 0 Å². The van der Waals surface area contributed by atoms with Crippen molar-refractivity contribution in [1.29, 1.82) is 0 Å². The van der Waals surface area contributed by atoms with Gasteiger partial charge < -0.3 is 14.4 Å². The Morgan fingerprint density at radius 1 is 1.32 bits per heavy atom. The number of nitrogens with zero attached hydrogens (tertiary/aromatic N) is 3. The van der Waals surface area contributed by atoms with Gasteiger partial charge in [-0.3, -0.25) is 0 Å². The first-order valence-electron chi connectivity index (χ1n) is 8.31. The van der Waals surface area contributed by atoms with E-state index >= 15 is 0 Å². The Morgan fingerprint density at radius 3 is 2.84 bits per heavy atom. The zero-order valence-electron chi connectivity index (χ0n) is 13.9. The molecule has 7 heteroatoms. The molecule has 25 heavy (non-hydrogen) atoms. The molecule has 0 saturated carbocycles. The molecule has 0 unspecified atom stereocenters. The van der Waals surface area contributed by atoms with Crippen molar-refractivity contribution in [2.45, 2.75) is 32.5 Å². The Labute approximate surface area is 159 Å². The van der Waals surface area contributed by atoms with E-state index < -0.39 is 0 Å². The third-order valence-electron chi connectivity index (χ3n) is 4.57. The highest BCUT2D eigenvalue weighted by Crippen LogP contribution is 2.28. The minimum Gasteiger partial charge on any atom is -0.489 e. The van der Waals surface area contributed by atoms with Crippen LogP contribution in [0.3, 0.4) is 0 Å². The van der Waals surface area contributed by atoms with Gasteiger partial charge in [-0.1, -0.05) is 0 Å². The molecule has 4 heterocycles. The van der Waals surface area contributed by atoms with Crippen LogP contribution >= 0.6 is 22.6 Å². The van der Waals surface area contributed by atoms with Crippen molar-refractivity contribution in [1.82, 2.24) is 9.97 Å². The molecule has 0 aromatic carbocycles. The Kier molecular flexibility index (Phi) is 4.49. The maximum atomic E-state index is 11.6. The molecule has 2 aliphatic rings. The van der Waals surface area contributed by atoms with E-state index in [0.717, 1.165) is 52.5 Å². The van der Waals surface area contributed by atoms with E-state index in [4.69, 9.17) is 9.47 Å². The van der Waals surface area contributed by atoms with Gasteiger partial charge >= 0.3 is 5.97 Å². The molecule has 0 aliphatic carbocycles. The fourth-order valence-electron chi connectivity index (χ4n) is 3.27. The van der Waals surface area contributed by atoms with Gasteiger partial charge in [-0.2, -0.15) is 0 Å². The van der Waals surface area contributed by atoms with Gasteiger partial charge in [-0.15, -0.1) is 0 Å². The van der Waals surface area contributed by atoms with Crippen LogP contribution in [-0.2, 0) is 11.3 Å². The summed E-state index contributed by atoms with van der Waals surface area (Å²) in [6, 6.07) is 5.81. The minimum atomic E-state index is -0.268. The second-order valence-corrected chi connectivity index (χ2v) is 7.43. The Hall–Kier alpha value is -1.90. The lowest BCUT2D eigenvalue weighted by Crippen LogP contribution is -2.39. The summed E-state index contributed by atoms with van der Waals surface area (Å²) >= 11 is 2.18. The zero-order chi connectivity index (χ0) is 17.4. The van der Waals surface area contributed by atoms with Gasteiger partial charge in [0.25, 0.3) is 0 Å². The van der Waals surface area contributed by atoms with Crippen LogP contribution in [0.4, 0.5) is 5.82 Å².